The average Bonchev–Trinajstić information content (AvgIpc) is 2.24. The Kier molecular flexibility index (Phi) is 4.51. The van der Waals surface area contributed by atoms with Crippen molar-refractivity contribution in [2.24, 2.45) is 10.9 Å². The minimum absolute atomic E-state index is 0.289. The molecule has 0 aromatic carbocycles. The molecule has 0 fully saturated rings. The number of sulfonamides is 1. The molecule has 0 unspecified atom stereocenters. The van der Waals surface area contributed by atoms with Crippen molar-refractivity contribution in [2.75, 3.05) is 0 Å². The van der Waals surface area contributed by atoms with Crippen molar-refractivity contribution < 1.29 is 35.1 Å². The van der Waals surface area contributed by atoms with Crippen molar-refractivity contribution in [3.63, 3.8) is 0 Å². The third-order valence-corrected chi connectivity index (χ3v) is 2.81. The van der Waals surface area contributed by atoms with Gasteiger partial charge in [0.2, 0.25) is 0 Å². The number of nitrogens with zero attached hydrogens (tertiary/aromatic N) is 1. The van der Waals surface area contributed by atoms with E-state index in [0.29, 0.717) is 0 Å². The highest BCUT2D eigenvalue weighted by Gasteiger charge is 2.34. The summed E-state index contributed by atoms with van der Waals surface area (Å²) in [5.41, 5.74) is 3.07. The number of halogens is 5. The number of nitrogens with two attached hydrogens (primary N) is 2. The van der Waals surface area contributed by atoms with Gasteiger partial charge in [-0.15, -0.1) is 13.2 Å². The van der Waals surface area contributed by atoms with Crippen molar-refractivity contribution in [2.45, 2.75) is 24.4 Å². The average molecular weight is 321 g/mol. The fraction of sp³-hybridized carbons (Fsp3) is 0.375. The molecule has 1 heterocycles. The summed E-state index contributed by atoms with van der Waals surface area (Å²) in [5, 5.41) is 3.47. The molecule has 4 N–H and O–H groups in total. The highest BCUT2D eigenvalue weighted by atomic mass is 32.2. The maximum absolute atomic E-state index is 12.7. The van der Waals surface area contributed by atoms with Crippen LogP contribution < -0.4 is 15.6 Å². The summed E-state index contributed by atoms with van der Waals surface area (Å²) in [6.07, 6.45) is -8.58. The zero-order valence-corrected chi connectivity index (χ0v) is 10.3. The Labute approximate surface area is 109 Å². The second kappa shape index (κ2) is 5.46. The summed E-state index contributed by atoms with van der Waals surface area (Å²) >= 11 is 0. The third kappa shape index (κ3) is 3.98. The van der Waals surface area contributed by atoms with E-state index in [1.54, 1.807) is 0 Å². The van der Waals surface area contributed by atoms with Gasteiger partial charge in [-0.05, 0) is 0 Å². The van der Waals surface area contributed by atoms with E-state index in [1.165, 1.54) is 0 Å². The molecule has 1 aromatic heterocycles. The van der Waals surface area contributed by atoms with Crippen LogP contribution in [0.15, 0.2) is 11.1 Å². The Morgan fingerprint density at radius 1 is 1.35 bits per heavy atom. The van der Waals surface area contributed by atoms with Gasteiger partial charge in [-0.3, -0.25) is 0 Å². The Morgan fingerprint density at radius 3 is 2.25 bits per heavy atom. The fourth-order valence-corrected chi connectivity index (χ4v) is 1.79. The molecule has 114 valence electrons. The van der Waals surface area contributed by atoms with Gasteiger partial charge in [-0.1, -0.05) is 0 Å². The van der Waals surface area contributed by atoms with Crippen LogP contribution in [0.3, 0.4) is 0 Å². The molecule has 0 saturated carbocycles. The second-order valence-corrected chi connectivity index (χ2v) is 4.93. The Balaban J connectivity index is 3.58. The highest BCUT2D eigenvalue weighted by Crippen LogP contribution is 2.33. The predicted molar refractivity (Wildman–Crippen MR) is 55.1 cm³/mol. The summed E-state index contributed by atoms with van der Waals surface area (Å²) in [4.78, 5) is 3.01. The Morgan fingerprint density at radius 2 is 1.90 bits per heavy atom. The maximum atomic E-state index is 12.7. The molecular weight excluding hydrogens is 313 g/mol. The van der Waals surface area contributed by atoms with E-state index in [1.807, 2.05) is 0 Å². The van der Waals surface area contributed by atoms with Gasteiger partial charge in [0.05, 0.1) is 0 Å². The number of ether oxygens (including phenoxy) is 1. The van der Waals surface area contributed by atoms with Gasteiger partial charge in [0.25, 0.3) is 16.4 Å². The molecule has 1 rings (SSSR count). The van der Waals surface area contributed by atoms with Crippen molar-refractivity contribution in [1.29, 1.82) is 0 Å². The van der Waals surface area contributed by atoms with Crippen LogP contribution in [0.2, 0.25) is 0 Å². The monoisotopic (exact) mass is 321 g/mol. The SMILES string of the molecule is NCc1c(OC(F)(F)F)cc(S(N)(=O)=O)nc1C(F)F. The van der Waals surface area contributed by atoms with Crippen molar-refractivity contribution in [3.8, 4) is 5.75 Å². The third-order valence-electron chi connectivity index (χ3n) is 2.02. The fourth-order valence-electron chi connectivity index (χ4n) is 1.29. The van der Waals surface area contributed by atoms with Crippen molar-refractivity contribution in [3.05, 3.63) is 17.3 Å². The van der Waals surface area contributed by atoms with Gasteiger partial charge in [-0.2, -0.15) is 0 Å². The van der Waals surface area contributed by atoms with E-state index in [4.69, 9.17) is 5.73 Å². The second-order valence-electron chi connectivity index (χ2n) is 3.42. The van der Waals surface area contributed by atoms with Gasteiger partial charge in [0.1, 0.15) is 11.4 Å². The molecule has 0 saturated heterocycles. The number of hydrogen-bond donors (Lipinski definition) is 2. The van der Waals surface area contributed by atoms with Crippen LogP contribution in [0.1, 0.15) is 17.7 Å². The number of pyridine rings is 1. The van der Waals surface area contributed by atoms with Crippen molar-refractivity contribution in [1.82, 2.24) is 4.98 Å². The van der Waals surface area contributed by atoms with Crippen LogP contribution in [0.25, 0.3) is 0 Å². The number of primary sulfonamides is 1. The lowest BCUT2D eigenvalue weighted by atomic mass is 10.2. The van der Waals surface area contributed by atoms with Gasteiger partial charge in [0, 0.05) is 18.2 Å². The first-order valence-corrected chi connectivity index (χ1v) is 6.31. The van der Waals surface area contributed by atoms with Gasteiger partial charge >= 0.3 is 6.36 Å². The summed E-state index contributed by atoms with van der Waals surface area (Å²) < 4.78 is 87.4. The van der Waals surface area contributed by atoms with E-state index in [9.17, 15) is 30.4 Å². The summed E-state index contributed by atoms with van der Waals surface area (Å²) in [6.45, 7) is -0.761. The van der Waals surface area contributed by atoms with Crippen LogP contribution in [-0.2, 0) is 16.6 Å². The molecule has 12 heteroatoms. The number of aromatic nitrogens is 1. The largest absolute Gasteiger partial charge is 0.573 e. The topological polar surface area (TPSA) is 108 Å². The lowest BCUT2D eigenvalue weighted by Gasteiger charge is -2.16. The molecule has 0 atom stereocenters. The molecule has 0 spiro atoms. The van der Waals surface area contributed by atoms with Crippen LogP contribution in [0.4, 0.5) is 22.0 Å². The van der Waals surface area contributed by atoms with E-state index in [0.717, 1.165) is 0 Å². The van der Waals surface area contributed by atoms with Gasteiger partial charge in [-0.25, -0.2) is 27.3 Å². The molecule has 0 aliphatic carbocycles. The van der Waals surface area contributed by atoms with Gasteiger partial charge in [0.15, 0.2) is 5.03 Å². The Hall–Kier alpha value is -1.53. The van der Waals surface area contributed by atoms with Gasteiger partial charge < -0.3 is 10.5 Å². The number of alkyl halides is 5. The number of rotatable bonds is 4. The molecule has 0 aliphatic rings. The molecule has 1 aromatic rings. The van der Waals surface area contributed by atoms with E-state index in [2.05, 4.69) is 14.9 Å². The van der Waals surface area contributed by atoms with Crippen LogP contribution in [0, 0.1) is 0 Å². The first-order valence-electron chi connectivity index (χ1n) is 4.76. The minimum atomic E-state index is -5.22. The maximum Gasteiger partial charge on any atom is 0.573 e. The molecule has 0 bridgehead atoms. The minimum Gasteiger partial charge on any atom is -0.405 e. The molecule has 0 radical (unpaired) electrons. The molecule has 0 amide bonds. The van der Waals surface area contributed by atoms with Crippen LogP contribution in [-0.4, -0.2) is 19.8 Å². The highest BCUT2D eigenvalue weighted by molar-refractivity contribution is 7.89. The lowest BCUT2D eigenvalue weighted by molar-refractivity contribution is -0.275. The van der Waals surface area contributed by atoms with Crippen molar-refractivity contribution >= 4 is 10.0 Å². The number of hydrogen-bond acceptors (Lipinski definition) is 5. The zero-order chi connectivity index (χ0) is 15.7. The van der Waals surface area contributed by atoms with E-state index in [-0.39, 0.29) is 6.07 Å². The molecule has 20 heavy (non-hydrogen) atoms. The summed E-state index contributed by atoms with van der Waals surface area (Å²) in [7, 11) is -4.59. The Bertz CT molecular complexity index is 602. The zero-order valence-electron chi connectivity index (χ0n) is 9.49. The van der Waals surface area contributed by atoms with Crippen LogP contribution >= 0.6 is 0 Å². The standard InChI is InChI=1S/C8H8F5N3O3S/c9-7(10)6-3(2-14)4(19-8(11,12)13)1-5(16-6)20(15,17)18/h1,7H,2,14H2,(H2,15,17,18). The predicted octanol–water partition coefficient (Wildman–Crippen LogP) is 1.02. The van der Waals surface area contributed by atoms with E-state index >= 15 is 0 Å². The van der Waals surface area contributed by atoms with Crippen LogP contribution in [0.5, 0.6) is 5.75 Å². The normalized spacial score (nSPS) is 12.8. The molecule has 6 nitrogen and oxygen atoms in total. The first-order chi connectivity index (χ1) is 8.95. The lowest BCUT2D eigenvalue weighted by Crippen LogP contribution is -2.22. The summed E-state index contributed by atoms with van der Waals surface area (Å²) in [5.74, 6) is -1.19. The first kappa shape index (κ1) is 16.5. The molecular formula is C8H8F5N3O3S. The smallest absolute Gasteiger partial charge is 0.405 e. The quantitative estimate of drug-likeness (QED) is 0.805. The summed E-state index contributed by atoms with van der Waals surface area (Å²) in [6, 6.07) is 0.289. The molecule has 0 aliphatic heterocycles. The van der Waals surface area contributed by atoms with E-state index < -0.39 is 51.4 Å².